The average molecular weight is 326 g/mol. The minimum Gasteiger partial charge on any atom is -0.387 e. The number of carbonyl (C=O) groups excluding carboxylic acids is 1. The van der Waals surface area contributed by atoms with E-state index in [0.717, 1.165) is 11.1 Å². The largest absolute Gasteiger partial charge is 0.387 e. The van der Waals surface area contributed by atoms with Gasteiger partial charge < -0.3 is 10.4 Å². The van der Waals surface area contributed by atoms with E-state index in [1.54, 1.807) is 18.2 Å². The van der Waals surface area contributed by atoms with Crippen LogP contribution in [-0.4, -0.2) is 22.5 Å². The molecule has 0 radical (unpaired) electrons. The maximum atomic E-state index is 11.8. The highest BCUT2D eigenvalue weighted by atomic mass is 16.6. The van der Waals surface area contributed by atoms with Crippen molar-refractivity contribution in [2.24, 2.45) is 0 Å². The molecule has 0 heterocycles. The van der Waals surface area contributed by atoms with Gasteiger partial charge in [0, 0.05) is 24.8 Å². The van der Waals surface area contributed by atoms with E-state index in [0.29, 0.717) is 5.56 Å². The summed E-state index contributed by atoms with van der Waals surface area (Å²) < 4.78 is 0. The van der Waals surface area contributed by atoms with Gasteiger partial charge in [0.15, 0.2) is 0 Å². The SMILES string of the molecule is Cc1ccccc1C(O)CNC(=O)/C=C/c1ccc([N+](=O)[O-])cc1. The number of non-ortho nitro benzene ring substituents is 1. The summed E-state index contributed by atoms with van der Waals surface area (Å²) in [6.45, 7) is 2.00. The molecule has 0 bridgehead atoms. The molecule has 1 unspecified atom stereocenters. The van der Waals surface area contributed by atoms with Crippen LogP contribution in [0, 0.1) is 17.0 Å². The second kappa shape index (κ2) is 8.03. The summed E-state index contributed by atoms with van der Waals surface area (Å²) in [6.07, 6.45) is 2.10. The zero-order valence-electron chi connectivity index (χ0n) is 13.2. The zero-order valence-corrected chi connectivity index (χ0v) is 13.2. The van der Waals surface area contributed by atoms with Gasteiger partial charge in [-0.15, -0.1) is 0 Å². The fourth-order valence-electron chi connectivity index (χ4n) is 2.21. The van der Waals surface area contributed by atoms with E-state index in [-0.39, 0.29) is 18.1 Å². The monoisotopic (exact) mass is 326 g/mol. The fraction of sp³-hybridized carbons (Fsp3) is 0.167. The maximum absolute atomic E-state index is 11.8. The molecule has 1 amide bonds. The van der Waals surface area contributed by atoms with Gasteiger partial charge in [-0.05, 0) is 41.8 Å². The number of nitro benzene ring substituents is 1. The van der Waals surface area contributed by atoms with E-state index in [1.807, 2.05) is 31.2 Å². The first-order chi connectivity index (χ1) is 11.5. The van der Waals surface area contributed by atoms with Crippen LogP contribution in [0.2, 0.25) is 0 Å². The van der Waals surface area contributed by atoms with Crippen molar-refractivity contribution in [3.63, 3.8) is 0 Å². The molecule has 1 atom stereocenters. The summed E-state index contributed by atoms with van der Waals surface area (Å²) in [6, 6.07) is 13.3. The van der Waals surface area contributed by atoms with Crippen molar-refractivity contribution in [2.75, 3.05) is 6.54 Å². The summed E-state index contributed by atoms with van der Waals surface area (Å²) in [5.41, 5.74) is 2.41. The number of nitrogens with one attached hydrogen (secondary N) is 1. The van der Waals surface area contributed by atoms with Gasteiger partial charge in [0.1, 0.15) is 0 Å². The lowest BCUT2D eigenvalue weighted by Gasteiger charge is -2.13. The Hall–Kier alpha value is -2.99. The lowest BCUT2D eigenvalue weighted by molar-refractivity contribution is -0.384. The number of nitro groups is 1. The number of aliphatic hydroxyl groups is 1. The molecule has 0 aliphatic carbocycles. The topological polar surface area (TPSA) is 92.5 Å². The normalized spacial score (nSPS) is 12.1. The van der Waals surface area contributed by atoms with Gasteiger partial charge in [-0.1, -0.05) is 24.3 Å². The Morgan fingerprint density at radius 2 is 1.92 bits per heavy atom. The highest BCUT2D eigenvalue weighted by Crippen LogP contribution is 2.16. The number of carbonyl (C=O) groups is 1. The van der Waals surface area contributed by atoms with Gasteiger partial charge in [0.05, 0.1) is 11.0 Å². The molecule has 124 valence electrons. The van der Waals surface area contributed by atoms with E-state index in [2.05, 4.69) is 5.32 Å². The third kappa shape index (κ3) is 4.76. The van der Waals surface area contributed by atoms with E-state index >= 15 is 0 Å². The summed E-state index contributed by atoms with van der Waals surface area (Å²) in [7, 11) is 0. The van der Waals surface area contributed by atoms with Crippen LogP contribution in [0.4, 0.5) is 5.69 Å². The standard InChI is InChI=1S/C18H18N2O4/c1-13-4-2-3-5-16(13)17(21)12-19-18(22)11-8-14-6-9-15(10-7-14)20(23)24/h2-11,17,21H,12H2,1H3,(H,19,22)/b11-8+. The predicted molar refractivity (Wildman–Crippen MR) is 91.3 cm³/mol. The van der Waals surface area contributed by atoms with Crippen LogP contribution in [0.1, 0.15) is 22.8 Å². The Morgan fingerprint density at radius 1 is 1.25 bits per heavy atom. The Bertz CT molecular complexity index is 754. The summed E-state index contributed by atoms with van der Waals surface area (Å²) in [5.74, 6) is -0.346. The highest BCUT2D eigenvalue weighted by molar-refractivity contribution is 5.91. The Morgan fingerprint density at radius 3 is 2.54 bits per heavy atom. The number of nitrogens with zero attached hydrogens (tertiary/aromatic N) is 1. The van der Waals surface area contributed by atoms with Crippen LogP contribution >= 0.6 is 0 Å². The minimum atomic E-state index is -0.775. The summed E-state index contributed by atoms with van der Waals surface area (Å²) in [4.78, 5) is 21.9. The third-order valence-corrected chi connectivity index (χ3v) is 3.55. The molecule has 0 aliphatic heterocycles. The molecule has 6 heteroatoms. The van der Waals surface area contributed by atoms with Gasteiger partial charge in [-0.2, -0.15) is 0 Å². The van der Waals surface area contributed by atoms with E-state index < -0.39 is 11.0 Å². The van der Waals surface area contributed by atoms with Crippen molar-refractivity contribution >= 4 is 17.7 Å². The number of aryl methyl sites for hydroxylation is 1. The molecule has 24 heavy (non-hydrogen) atoms. The molecular weight excluding hydrogens is 308 g/mol. The molecule has 2 N–H and O–H groups in total. The van der Waals surface area contributed by atoms with Crippen molar-refractivity contribution in [1.82, 2.24) is 5.32 Å². The second-order valence-electron chi connectivity index (χ2n) is 5.30. The number of amides is 1. The molecule has 0 saturated carbocycles. The maximum Gasteiger partial charge on any atom is 0.269 e. The van der Waals surface area contributed by atoms with Crippen LogP contribution < -0.4 is 5.32 Å². The van der Waals surface area contributed by atoms with Gasteiger partial charge in [-0.3, -0.25) is 14.9 Å². The van der Waals surface area contributed by atoms with Gasteiger partial charge in [0.25, 0.3) is 5.69 Å². The molecule has 0 fully saturated rings. The molecule has 0 aliphatic rings. The Balaban J connectivity index is 1.88. The van der Waals surface area contributed by atoms with Gasteiger partial charge in [-0.25, -0.2) is 0 Å². The lowest BCUT2D eigenvalue weighted by Crippen LogP contribution is -2.26. The van der Waals surface area contributed by atoms with Crippen molar-refractivity contribution in [2.45, 2.75) is 13.0 Å². The molecule has 2 aromatic carbocycles. The lowest BCUT2D eigenvalue weighted by atomic mass is 10.0. The molecule has 2 rings (SSSR count). The second-order valence-corrected chi connectivity index (χ2v) is 5.30. The summed E-state index contributed by atoms with van der Waals surface area (Å²) in [5, 5.41) is 23.3. The first kappa shape index (κ1) is 17.4. The molecule has 2 aromatic rings. The molecule has 0 saturated heterocycles. The number of hydrogen-bond donors (Lipinski definition) is 2. The predicted octanol–water partition coefficient (Wildman–Crippen LogP) is 2.77. The molecular formula is C18H18N2O4. The van der Waals surface area contributed by atoms with Crippen LogP contribution in [-0.2, 0) is 4.79 Å². The smallest absolute Gasteiger partial charge is 0.269 e. The zero-order chi connectivity index (χ0) is 17.5. The van der Waals surface area contributed by atoms with Crippen LogP contribution in [0.5, 0.6) is 0 Å². The third-order valence-electron chi connectivity index (χ3n) is 3.55. The fourth-order valence-corrected chi connectivity index (χ4v) is 2.21. The first-order valence-electron chi connectivity index (χ1n) is 7.41. The molecule has 6 nitrogen and oxygen atoms in total. The van der Waals surface area contributed by atoms with E-state index in [9.17, 15) is 20.0 Å². The Kier molecular flexibility index (Phi) is 5.81. The average Bonchev–Trinajstić information content (AvgIpc) is 2.58. The number of benzene rings is 2. The first-order valence-corrected chi connectivity index (χ1v) is 7.41. The van der Waals surface area contributed by atoms with Crippen molar-refractivity contribution in [3.05, 3.63) is 81.4 Å². The summed E-state index contributed by atoms with van der Waals surface area (Å²) >= 11 is 0. The number of aliphatic hydroxyl groups excluding tert-OH is 1. The molecule has 0 aromatic heterocycles. The van der Waals surface area contributed by atoms with Crippen molar-refractivity contribution < 1.29 is 14.8 Å². The van der Waals surface area contributed by atoms with Crippen molar-refractivity contribution in [1.29, 1.82) is 0 Å². The van der Waals surface area contributed by atoms with E-state index in [1.165, 1.54) is 18.2 Å². The highest BCUT2D eigenvalue weighted by Gasteiger charge is 2.10. The van der Waals surface area contributed by atoms with Crippen LogP contribution in [0.3, 0.4) is 0 Å². The molecule has 0 spiro atoms. The number of rotatable bonds is 6. The quantitative estimate of drug-likeness (QED) is 0.485. The van der Waals surface area contributed by atoms with Crippen LogP contribution in [0.15, 0.2) is 54.6 Å². The van der Waals surface area contributed by atoms with Crippen LogP contribution in [0.25, 0.3) is 6.08 Å². The van der Waals surface area contributed by atoms with Crippen molar-refractivity contribution in [3.8, 4) is 0 Å². The Labute approximate surface area is 139 Å². The van der Waals surface area contributed by atoms with Gasteiger partial charge >= 0.3 is 0 Å². The number of hydrogen-bond acceptors (Lipinski definition) is 4. The van der Waals surface area contributed by atoms with Gasteiger partial charge in [0.2, 0.25) is 5.91 Å². The van der Waals surface area contributed by atoms with E-state index in [4.69, 9.17) is 0 Å². The minimum absolute atomic E-state index is 0.00189.